The second-order valence-electron chi connectivity index (χ2n) is 7.86. The average molecular weight is 504 g/mol. The zero-order valence-electron chi connectivity index (χ0n) is 18.3. The zero-order valence-corrected chi connectivity index (χ0v) is 20.7. The number of allylic oxidation sites excluding steroid dienone is 1. The number of nitrogens with two attached hydrogens (primary N) is 1. The van der Waals surface area contributed by atoms with Crippen molar-refractivity contribution in [2.24, 2.45) is 5.73 Å². The standard InChI is InChI=1S/C22H26FN3O3S.2ClH/c1-14-20(15-6-5-7-17(12-15)30(4,28)29)21-18(26(14)13-16(23)10-11-24)8-9-19(25-21)22(2,3)27;;/h5-10,12,27H,11,13,24H2,1-4H3;2*1H/b16-10-;;. The fourth-order valence-electron chi connectivity index (χ4n) is 3.46. The molecule has 32 heavy (non-hydrogen) atoms. The number of fused-ring (bicyclic) bond motifs is 1. The zero-order chi connectivity index (χ0) is 22.3. The number of nitrogens with zero attached hydrogens (tertiary/aromatic N) is 2. The van der Waals surface area contributed by atoms with E-state index < -0.39 is 15.4 Å². The first-order chi connectivity index (χ1) is 13.9. The molecule has 0 fully saturated rings. The number of pyridine rings is 1. The highest BCUT2D eigenvalue weighted by atomic mass is 35.5. The van der Waals surface area contributed by atoms with Crippen molar-refractivity contribution in [2.75, 3.05) is 12.8 Å². The largest absolute Gasteiger partial charge is 0.384 e. The number of aromatic nitrogens is 2. The molecule has 2 aromatic heterocycles. The third kappa shape index (κ3) is 5.68. The molecular formula is C22H28Cl2FN3O3S. The van der Waals surface area contributed by atoms with Crippen LogP contribution in [0, 0.1) is 6.92 Å². The minimum Gasteiger partial charge on any atom is -0.384 e. The highest BCUT2D eigenvalue weighted by molar-refractivity contribution is 7.90. The third-order valence-electron chi connectivity index (χ3n) is 4.99. The van der Waals surface area contributed by atoms with Gasteiger partial charge in [-0.05, 0) is 56.7 Å². The van der Waals surface area contributed by atoms with Gasteiger partial charge in [0.15, 0.2) is 9.84 Å². The van der Waals surface area contributed by atoms with Crippen LogP contribution in [0.5, 0.6) is 0 Å². The Labute approximate surface area is 200 Å². The van der Waals surface area contributed by atoms with Crippen molar-refractivity contribution in [3.63, 3.8) is 0 Å². The van der Waals surface area contributed by atoms with Crippen molar-refractivity contribution in [3.05, 3.63) is 59.7 Å². The normalized spacial score (nSPS) is 12.4. The van der Waals surface area contributed by atoms with Crippen molar-refractivity contribution in [1.82, 2.24) is 9.55 Å². The van der Waals surface area contributed by atoms with Crippen LogP contribution in [0.25, 0.3) is 22.2 Å². The predicted molar refractivity (Wildman–Crippen MR) is 131 cm³/mol. The molecule has 176 valence electrons. The molecule has 0 atom stereocenters. The van der Waals surface area contributed by atoms with E-state index in [-0.39, 0.29) is 48.6 Å². The van der Waals surface area contributed by atoms with Crippen LogP contribution in [0.1, 0.15) is 25.2 Å². The summed E-state index contributed by atoms with van der Waals surface area (Å²) in [5.41, 5.74) is 8.06. The van der Waals surface area contributed by atoms with Gasteiger partial charge in [0.05, 0.1) is 28.2 Å². The van der Waals surface area contributed by atoms with Crippen LogP contribution in [0.3, 0.4) is 0 Å². The summed E-state index contributed by atoms with van der Waals surface area (Å²) < 4.78 is 40.2. The van der Waals surface area contributed by atoms with Crippen LogP contribution >= 0.6 is 24.8 Å². The highest BCUT2D eigenvalue weighted by Gasteiger charge is 2.23. The van der Waals surface area contributed by atoms with Crippen LogP contribution in [-0.4, -0.2) is 35.9 Å². The Bertz CT molecular complexity index is 1250. The van der Waals surface area contributed by atoms with Crippen LogP contribution in [0.2, 0.25) is 0 Å². The molecule has 10 heteroatoms. The van der Waals surface area contributed by atoms with Gasteiger partial charge in [0.25, 0.3) is 0 Å². The predicted octanol–water partition coefficient (Wildman–Crippen LogP) is 4.30. The molecule has 0 amide bonds. The molecule has 0 saturated heterocycles. The van der Waals surface area contributed by atoms with Crippen LogP contribution in [0.4, 0.5) is 4.39 Å². The van der Waals surface area contributed by atoms with Gasteiger partial charge in [0.1, 0.15) is 11.4 Å². The lowest BCUT2D eigenvalue weighted by Crippen LogP contribution is -2.17. The molecule has 0 aliphatic carbocycles. The summed E-state index contributed by atoms with van der Waals surface area (Å²) in [6.45, 7) is 5.18. The summed E-state index contributed by atoms with van der Waals surface area (Å²) in [6, 6.07) is 10.1. The van der Waals surface area contributed by atoms with Gasteiger partial charge < -0.3 is 15.4 Å². The van der Waals surface area contributed by atoms with E-state index in [0.29, 0.717) is 27.9 Å². The minimum absolute atomic E-state index is 0. The first kappa shape index (κ1) is 28.1. The Kier molecular flexibility index (Phi) is 9.04. The van der Waals surface area contributed by atoms with Gasteiger partial charge >= 0.3 is 0 Å². The Balaban J connectivity index is 0.00000256. The smallest absolute Gasteiger partial charge is 0.175 e. The molecule has 3 aromatic rings. The fraction of sp³-hybridized carbons (Fsp3) is 0.318. The number of rotatable bonds is 6. The quantitative estimate of drug-likeness (QED) is 0.522. The van der Waals surface area contributed by atoms with Crippen LogP contribution in [-0.2, 0) is 22.0 Å². The Morgan fingerprint density at radius 1 is 1.25 bits per heavy atom. The van der Waals surface area contributed by atoms with Gasteiger partial charge in [0.2, 0.25) is 0 Å². The summed E-state index contributed by atoms with van der Waals surface area (Å²) >= 11 is 0. The van der Waals surface area contributed by atoms with Gasteiger partial charge in [-0.15, -0.1) is 24.8 Å². The van der Waals surface area contributed by atoms with E-state index in [1.54, 1.807) is 48.7 Å². The van der Waals surface area contributed by atoms with Gasteiger partial charge in [0, 0.05) is 24.1 Å². The van der Waals surface area contributed by atoms with E-state index >= 15 is 0 Å². The van der Waals surface area contributed by atoms with E-state index in [0.717, 1.165) is 11.9 Å². The maximum atomic E-state index is 14.3. The molecular weight excluding hydrogens is 476 g/mol. The lowest BCUT2D eigenvalue weighted by Gasteiger charge is -2.16. The van der Waals surface area contributed by atoms with Gasteiger partial charge in [-0.2, -0.15) is 0 Å². The molecule has 0 aliphatic rings. The van der Waals surface area contributed by atoms with Crippen molar-refractivity contribution >= 4 is 45.7 Å². The van der Waals surface area contributed by atoms with Gasteiger partial charge in [-0.3, -0.25) is 0 Å². The SMILES string of the molecule is Cc1c(-c2cccc(S(C)(=O)=O)c2)c2nc(C(C)(C)O)ccc2n1C/C(F)=C/CN.Cl.Cl. The number of aliphatic hydroxyl groups is 1. The molecule has 0 bridgehead atoms. The highest BCUT2D eigenvalue weighted by Crippen LogP contribution is 2.36. The summed E-state index contributed by atoms with van der Waals surface area (Å²) in [5, 5.41) is 10.4. The molecule has 3 N–H and O–H groups in total. The maximum absolute atomic E-state index is 14.3. The molecule has 3 rings (SSSR count). The average Bonchev–Trinajstić information content (AvgIpc) is 2.92. The topological polar surface area (TPSA) is 98.2 Å². The fourth-order valence-corrected chi connectivity index (χ4v) is 4.12. The van der Waals surface area contributed by atoms with Crippen molar-refractivity contribution in [3.8, 4) is 11.1 Å². The molecule has 1 aromatic carbocycles. The Morgan fingerprint density at radius 2 is 1.91 bits per heavy atom. The summed E-state index contributed by atoms with van der Waals surface area (Å²) in [7, 11) is -3.40. The van der Waals surface area contributed by atoms with E-state index in [9.17, 15) is 17.9 Å². The Hall–Kier alpha value is -1.97. The van der Waals surface area contributed by atoms with Gasteiger partial charge in [-0.25, -0.2) is 17.8 Å². The van der Waals surface area contributed by atoms with E-state index in [2.05, 4.69) is 4.98 Å². The van der Waals surface area contributed by atoms with Gasteiger partial charge in [-0.1, -0.05) is 12.1 Å². The second kappa shape index (κ2) is 10.3. The van der Waals surface area contributed by atoms with Crippen molar-refractivity contribution in [1.29, 1.82) is 0 Å². The van der Waals surface area contributed by atoms with E-state index in [1.165, 1.54) is 12.1 Å². The number of sulfone groups is 1. The Morgan fingerprint density at radius 3 is 2.47 bits per heavy atom. The maximum Gasteiger partial charge on any atom is 0.175 e. The monoisotopic (exact) mass is 503 g/mol. The second-order valence-corrected chi connectivity index (χ2v) is 9.87. The van der Waals surface area contributed by atoms with Crippen LogP contribution < -0.4 is 5.73 Å². The molecule has 0 saturated carbocycles. The van der Waals surface area contributed by atoms with E-state index in [4.69, 9.17) is 5.73 Å². The third-order valence-corrected chi connectivity index (χ3v) is 6.10. The first-order valence-corrected chi connectivity index (χ1v) is 11.4. The summed E-state index contributed by atoms with van der Waals surface area (Å²) in [6.07, 6.45) is 2.47. The van der Waals surface area contributed by atoms with E-state index in [1.807, 2.05) is 6.92 Å². The number of halogens is 3. The lowest BCUT2D eigenvalue weighted by molar-refractivity contribution is 0.0742. The molecule has 2 heterocycles. The number of hydrogen-bond acceptors (Lipinski definition) is 5. The number of hydrogen-bond donors (Lipinski definition) is 2. The summed E-state index contributed by atoms with van der Waals surface area (Å²) in [4.78, 5) is 4.85. The minimum atomic E-state index is -3.40. The molecule has 0 radical (unpaired) electrons. The summed E-state index contributed by atoms with van der Waals surface area (Å²) in [5.74, 6) is -0.375. The molecule has 0 aliphatic heterocycles. The molecule has 0 spiro atoms. The van der Waals surface area contributed by atoms with Crippen LogP contribution in [0.15, 0.2) is 53.2 Å². The first-order valence-electron chi connectivity index (χ1n) is 9.51. The molecule has 6 nitrogen and oxygen atoms in total. The lowest BCUT2D eigenvalue weighted by atomic mass is 10.0. The number of benzene rings is 1. The van der Waals surface area contributed by atoms with Crippen molar-refractivity contribution < 1.29 is 17.9 Å². The van der Waals surface area contributed by atoms with Crippen molar-refractivity contribution in [2.45, 2.75) is 37.8 Å². The molecule has 0 unspecified atom stereocenters.